The number of nitrogens with zero attached hydrogens (tertiary/aromatic N) is 5. The maximum atomic E-state index is 12.0. The Bertz CT molecular complexity index is 693. The average molecular weight is 266 g/mol. The van der Waals surface area contributed by atoms with E-state index in [2.05, 4.69) is 25.8 Å². The first kappa shape index (κ1) is 12.0. The van der Waals surface area contributed by atoms with E-state index in [1.54, 1.807) is 36.7 Å². The molecule has 0 aliphatic heterocycles. The molecule has 0 bridgehead atoms. The molecule has 7 heteroatoms. The maximum absolute atomic E-state index is 12.0. The summed E-state index contributed by atoms with van der Waals surface area (Å²) in [5, 5.41) is 13.7. The molecule has 0 spiro atoms. The molecule has 2 aromatic heterocycles. The summed E-state index contributed by atoms with van der Waals surface area (Å²) in [4.78, 5) is 15.8. The number of hydrogen-bond acceptors (Lipinski definition) is 5. The maximum Gasteiger partial charge on any atom is 0.255 e. The largest absolute Gasteiger partial charge is 0.322 e. The van der Waals surface area contributed by atoms with E-state index in [-0.39, 0.29) is 5.91 Å². The van der Waals surface area contributed by atoms with Crippen molar-refractivity contribution in [2.24, 2.45) is 0 Å². The number of tetrazole rings is 1. The third kappa shape index (κ3) is 2.51. The summed E-state index contributed by atoms with van der Waals surface area (Å²) >= 11 is 0. The third-order valence-electron chi connectivity index (χ3n) is 2.68. The Kier molecular flexibility index (Phi) is 3.15. The predicted molar refractivity (Wildman–Crippen MR) is 71.3 cm³/mol. The summed E-state index contributed by atoms with van der Waals surface area (Å²) in [6.45, 7) is 0. The highest BCUT2D eigenvalue weighted by Crippen LogP contribution is 2.13. The summed E-state index contributed by atoms with van der Waals surface area (Å²) < 4.78 is 1.54. The Labute approximate surface area is 114 Å². The molecule has 0 radical (unpaired) electrons. The van der Waals surface area contributed by atoms with Crippen LogP contribution >= 0.6 is 0 Å². The monoisotopic (exact) mass is 266 g/mol. The molecule has 98 valence electrons. The lowest BCUT2D eigenvalue weighted by Gasteiger charge is -2.06. The highest BCUT2D eigenvalue weighted by Gasteiger charge is 2.05. The van der Waals surface area contributed by atoms with Crippen LogP contribution < -0.4 is 5.32 Å². The minimum Gasteiger partial charge on any atom is -0.322 e. The molecule has 3 rings (SSSR count). The predicted octanol–water partition coefficient (Wildman–Crippen LogP) is 1.31. The summed E-state index contributed by atoms with van der Waals surface area (Å²) in [6.07, 6.45) is 4.66. The van der Waals surface area contributed by atoms with Gasteiger partial charge >= 0.3 is 0 Å². The van der Waals surface area contributed by atoms with E-state index >= 15 is 0 Å². The van der Waals surface area contributed by atoms with Gasteiger partial charge in [0.25, 0.3) is 5.91 Å². The summed E-state index contributed by atoms with van der Waals surface area (Å²) in [5.74, 6) is -0.178. The van der Waals surface area contributed by atoms with Gasteiger partial charge in [-0.2, -0.15) is 0 Å². The van der Waals surface area contributed by atoms with Crippen molar-refractivity contribution in [3.8, 4) is 5.69 Å². The van der Waals surface area contributed by atoms with Crippen LogP contribution in [0.15, 0.2) is 55.1 Å². The van der Waals surface area contributed by atoms with Gasteiger partial charge in [-0.1, -0.05) is 0 Å². The van der Waals surface area contributed by atoms with Crippen LogP contribution in [0.5, 0.6) is 0 Å². The van der Waals surface area contributed by atoms with Crippen LogP contribution in [-0.4, -0.2) is 31.1 Å². The van der Waals surface area contributed by atoms with Crippen LogP contribution in [-0.2, 0) is 0 Å². The number of nitrogens with one attached hydrogen (secondary N) is 1. The quantitative estimate of drug-likeness (QED) is 0.772. The van der Waals surface area contributed by atoms with Crippen LogP contribution in [0, 0.1) is 0 Å². The smallest absolute Gasteiger partial charge is 0.255 e. The molecule has 1 N–H and O–H groups in total. The van der Waals surface area contributed by atoms with E-state index in [1.807, 2.05) is 12.1 Å². The number of amides is 1. The summed E-state index contributed by atoms with van der Waals surface area (Å²) in [7, 11) is 0. The molecule has 0 aliphatic carbocycles. The van der Waals surface area contributed by atoms with Gasteiger partial charge in [0.15, 0.2) is 0 Å². The lowest BCUT2D eigenvalue weighted by molar-refractivity contribution is 0.102. The van der Waals surface area contributed by atoms with Crippen molar-refractivity contribution in [2.45, 2.75) is 0 Å². The van der Waals surface area contributed by atoms with Crippen molar-refractivity contribution < 1.29 is 4.79 Å². The van der Waals surface area contributed by atoms with Gasteiger partial charge in [-0.15, -0.1) is 5.10 Å². The molecule has 0 atom stereocenters. The molecule has 1 amide bonds. The number of anilines is 1. The molecule has 0 saturated carbocycles. The van der Waals surface area contributed by atoms with E-state index in [9.17, 15) is 4.79 Å². The second-order valence-electron chi connectivity index (χ2n) is 3.99. The molecule has 0 fully saturated rings. The zero-order chi connectivity index (χ0) is 13.8. The van der Waals surface area contributed by atoms with Crippen molar-refractivity contribution in [3.05, 3.63) is 60.7 Å². The highest BCUT2D eigenvalue weighted by atomic mass is 16.1. The Morgan fingerprint density at radius 3 is 2.45 bits per heavy atom. The first-order valence-electron chi connectivity index (χ1n) is 5.88. The Morgan fingerprint density at radius 1 is 1.05 bits per heavy atom. The normalized spacial score (nSPS) is 10.2. The van der Waals surface area contributed by atoms with Gasteiger partial charge in [0.05, 0.1) is 5.69 Å². The number of hydrogen-bond donors (Lipinski definition) is 1. The van der Waals surface area contributed by atoms with Crippen LogP contribution in [0.3, 0.4) is 0 Å². The molecule has 3 aromatic rings. The summed E-state index contributed by atoms with van der Waals surface area (Å²) in [6, 6.07) is 10.5. The van der Waals surface area contributed by atoms with Crippen molar-refractivity contribution in [1.82, 2.24) is 25.2 Å². The van der Waals surface area contributed by atoms with E-state index in [0.29, 0.717) is 11.3 Å². The van der Waals surface area contributed by atoms with Crippen molar-refractivity contribution >= 4 is 11.6 Å². The zero-order valence-corrected chi connectivity index (χ0v) is 10.3. The van der Waals surface area contributed by atoms with Gasteiger partial charge in [-0.3, -0.25) is 9.78 Å². The fourth-order valence-electron chi connectivity index (χ4n) is 1.68. The van der Waals surface area contributed by atoms with Crippen LogP contribution in [0.25, 0.3) is 5.69 Å². The fourth-order valence-corrected chi connectivity index (χ4v) is 1.68. The number of benzene rings is 1. The fraction of sp³-hybridized carbons (Fsp3) is 0. The van der Waals surface area contributed by atoms with Crippen molar-refractivity contribution in [1.29, 1.82) is 0 Å². The Balaban J connectivity index is 1.74. The van der Waals surface area contributed by atoms with Crippen molar-refractivity contribution in [3.63, 3.8) is 0 Å². The molecular formula is C13H10N6O. The number of carbonyl (C=O) groups excluding carboxylic acids is 1. The molecule has 0 aliphatic rings. The van der Waals surface area contributed by atoms with Gasteiger partial charge in [0.2, 0.25) is 0 Å². The second-order valence-corrected chi connectivity index (χ2v) is 3.99. The summed E-state index contributed by atoms with van der Waals surface area (Å²) in [5.41, 5.74) is 2.07. The molecule has 2 heterocycles. The van der Waals surface area contributed by atoms with Gasteiger partial charge < -0.3 is 5.32 Å². The molecule has 20 heavy (non-hydrogen) atoms. The zero-order valence-electron chi connectivity index (χ0n) is 10.3. The highest BCUT2D eigenvalue weighted by molar-refractivity contribution is 6.04. The van der Waals surface area contributed by atoms with Gasteiger partial charge in [0.1, 0.15) is 6.33 Å². The first-order valence-corrected chi connectivity index (χ1v) is 5.88. The number of rotatable bonds is 3. The number of carbonyl (C=O) groups is 1. The lowest BCUT2D eigenvalue weighted by atomic mass is 10.2. The first-order chi connectivity index (χ1) is 9.83. The van der Waals surface area contributed by atoms with Crippen LogP contribution in [0.4, 0.5) is 5.69 Å². The molecule has 0 saturated heterocycles. The molecule has 0 unspecified atom stereocenters. The average Bonchev–Trinajstić information content (AvgIpc) is 3.03. The number of pyridine rings is 1. The van der Waals surface area contributed by atoms with E-state index in [1.165, 1.54) is 11.0 Å². The van der Waals surface area contributed by atoms with E-state index < -0.39 is 0 Å². The second kappa shape index (κ2) is 5.27. The Morgan fingerprint density at radius 2 is 1.80 bits per heavy atom. The van der Waals surface area contributed by atoms with E-state index in [0.717, 1.165) is 5.69 Å². The molecular weight excluding hydrogens is 256 g/mol. The van der Waals surface area contributed by atoms with Gasteiger partial charge in [-0.05, 0) is 46.8 Å². The molecule has 1 aromatic carbocycles. The SMILES string of the molecule is O=C(Nc1ccc(-n2cnnn2)cc1)c1ccncc1. The van der Waals surface area contributed by atoms with Crippen molar-refractivity contribution in [2.75, 3.05) is 5.32 Å². The van der Waals surface area contributed by atoms with Gasteiger partial charge in [-0.25, -0.2) is 4.68 Å². The standard InChI is InChI=1S/C13H10N6O/c20-13(10-5-7-14-8-6-10)16-11-1-3-12(4-2-11)19-9-15-17-18-19/h1-9H,(H,16,20). The van der Waals surface area contributed by atoms with E-state index in [4.69, 9.17) is 0 Å². The lowest BCUT2D eigenvalue weighted by Crippen LogP contribution is -2.11. The van der Waals surface area contributed by atoms with Crippen LogP contribution in [0.1, 0.15) is 10.4 Å². The van der Waals surface area contributed by atoms with Crippen LogP contribution in [0.2, 0.25) is 0 Å². The minimum absolute atomic E-state index is 0.178. The number of aromatic nitrogens is 5. The third-order valence-corrected chi connectivity index (χ3v) is 2.68. The minimum atomic E-state index is -0.178. The van der Waals surface area contributed by atoms with Gasteiger partial charge in [0, 0.05) is 23.6 Å². The Hall–Kier alpha value is -3.09. The molecule has 7 nitrogen and oxygen atoms in total. The topological polar surface area (TPSA) is 85.6 Å².